The van der Waals surface area contributed by atoms with E-state index in [0.717, 1.165) is 0 Å². The van der Waals surface area contributed by atoms with Gasteiger partial charge in [-0.2, -0.15) is 5.26 Å². The van der Waals surface area contributed by atoms with E-state index >= 15 is 0 Å². The third-order valence-electron chi connectivity index (χ3n) is 2.71. The SMILES string of the molecule is CC(CC#N)N(C)C(=O)NC(C(=O)O)c1cccs1. The van der Waals surface area contributed by atoms with Crippen LogP contribution >= 0.6 is 11.3 Å². The van der Waals surface area contributed by atoms with E-state index in [1.165, 1.54) is 23.3 Å². The maximum absolute atomic E-state index is 11.9. The predicted octanol–water partition coefficient (Wildman–Crippen LogP) is 1.82. The van der Waals surface area contributed by atoms with Crippen LogP contribution in [-0.4, -0.2) is 35.1 Å². The summed E-state index contributed by atoms with van der Waals surface area (Å²) in [6, 6.07) is 3.50. The minimum atomic E-state index is -1.11. The molecule has 0 saturated heterocycles. The molecular weight excluding hydrogens is 266 g/mol. The van der Waals surface area contributed by atoms with Crippen LogP contribution in [0.15, 0.2) is 17.5 Å². The molecular formula is C12H15N3O3S. The average molecular weight is 281 g/mol. The van der Waals surface area contributed by atoms with Crippen molar-refractivity contribution >= 4 is 23.3 Å². The Morgan fingerprint density at radius 1 is 1.63 bits per heavy atom. The molecule has 1 rings (SSSR count). The largest absolute Gasteiger partial charge is 0.479 e. The van der Waals surface area contributed by atoms with Gasteiger partial charge in [-0.05, 0) is 18.4 Å². The fraction of sp³-hybridized carbons (Fsp3) is 0.417. The van der Waals surface area contributed by atoms with Crippen LogP contribution in [0.3, 0.4) is 0 Å². The first-order valence-corrected chi connectivity index (χ1v) is 6.51. The van der Waals surface area contributed by atoms with Crippen LogP contribution in [0.5, 0.6) is 0 Å². The number of amides is 2. The summed E-state index contributed by atoms with van der Waals surface area (Å²) < 4.78 is 0. The van der Waals surface area contributed by atoms with Crippen molar-refractivity contribution in [2.45, 2.75) is 25.4 Å². The molecule has 0 saturated carbocycles. The number of carbonyl (C=O) groups is 2. The van der Waals surface area contributed by atoms with Gasteiger partial charge in [0.25, 0.3) is 0 Å². The first-order valence-electron chi connectivity index (χ1n) is 5.63. The first kappa shape index (κ1) is 15.0. The van der Waals surface area contributed by atoms with E-state index < -0.39 is 18.0 Å². The molecule has 0 spiro atoms. The van der Waals surface area contributed by atoms with E-state index in [9.17, 15) is 9.59 Å². The zero-order valence-corrected chi connectivity index (χ0v) is 11.5. The Morgan fingerprint density at radius 2 is 2.32 bits per heavy atom. The van der Waals surface area contributed by atoms with Crippen LogP contribution < -0.4 is 5.32 Å². The van der Waals surface area contributed by atoms with Gasteiger partial charge in [-0.3, -0.25) is 0 Å². The topological polar surface area (TPSA) is 93.4 Å². The molecule has 0 aliphatic rings. The van der Waals surface area contributed by atoms with Gasteiger partial charge < -0.3 is 15.3 Å². The third kappa shape index (κ3) is 3.96. The Hall–Kier alpha value is -2.07. The number of rotatable bonds is 5. The normalized spacial score (nSPS) is 13.1. The zero-order chi connectivity index (χ0) is 14.4. The lowest BCUT2D eigenvalue weighted by atomic mass is 10.2. The Morgan fingerprint density at radius 3 is 2.79 bits per heavy atom. The number of hydrogen-bond donors (Lipinski definition) is 2. The molecule has 2 unspecified atom stereocenters. The number of nitriles is 1. The second-order valence-electron chi connectivity index (χ2n) is 4.06. The number of carbonyl (C=O) groups excluding carboxylic acids is 1. The summed E-state index contributed by atoms with van der Waals surface area (Å²) in [5.74, 6) is -1.11. The fourth-order valence-corrected chi connectivity index (χ4v) is 2.17. The van der Waals surface area contributed by atoms with Crippen LogP contribution in [0.25, 0.3) is 0 Å². The highest BCUT2D eigenvalue weighted by atomic mass is 32.1. The van der Waals surface area contributed by atoms with Gasteiger partial charge in [-0.15, -0.1) is 11.3 Å². The fourth-order valence-electron chi connectivity index (χ4n) is 1.40. The van der Waals surface area contributed by atoms with Gasteiger partial charge in [0.05, 0.1) is 12.5 Å². The highest BCUT2D eigenvalue weighted by molar-refractivity contribution is 7.10. The third-order valence-corrected chi connectivity index (χ3v) is 3.65. The minimum absolute atomic E-state index is 0.195. The summed E-state index contributed by atoms with van der Waals surface area (Å²) in [7, 11) is 1.53. The van der Waals surface area contributed by atoms with Crippen molar-refractivity contribution in [3.8, 4) is 6.07 Å². The van der Waals surface area contributed by atoms with E-state index in [2.05, 4.69) is 5.32 Å². The summed E-state index contributed by atoms with van der Waals surface area (Å²) in [4.78, 5) is 25.0. The maximum Gasteiger partial charge on any atom is 0.331 e. The standard InChI is InChI=1S/C12H15N3O3S/c1-8(5-6-13)15(2)12(18)14-10(11(16)17)9-4-3-7-19-9/h3-4,7-8,10H,5H2,1-2H3,(H,14,18)(H,16,17). The van der Waals surface area contributed by atoms with E-state index in [1.54, 1.807) is 24.4 Å². The van der Waals surface area contributed by atoms with Gasteiger partial charge in [0.1, 0.15) is 0 Å². The smallest absolute Gasteiger partial charge is 0.331 e. The highest BCUT2D eigenvalue weighted by Crippen LogP contribution is 2.19. The number of carboxylic acids is 1. The Labute approximate surface area is 115 Å². The summed E-state index contributed by atoms with van der Waals surface area (Å²) in [6.07, 6.45) is 0.195. The van der Waals surface area contributed by atoms with Crippen molar-refractivity contribution in [3.63, 3.8) is 0 Å². The van der Waals surface area contributed by atoms with Crippen LogP contribution in [0.1, 0.15) is 24.3 Å². The van der Waals surface area contributed by atoms with Crippen molar-refractivity contribution < 1.29 is 14.7 Å². The molecule has 2 N–H and O–H groups in total. The molecule has 0 aromatic carbocycles. The second kappa shape index (κ2) is 6.75. The molecule has 2 amide bonds. The molecule has 1 aromatic rings. The number of nitrogens with zero attached hydrogens (tertiary/aromatic N) is 2. The van der Waals surface area contributed by atoms with Crippen LogP contribution in [0, 0.1) is 11.3 Å². The number of carboxylic acid groups (broad SMARTS) is 1. The molecule has 19 heavy (non-hydrogen) atoms. The molecule has 102 valence electrons. The predicted molar refractivity (Wildman–Crippen MR) is 70.7 cm³/mol. The van der Waals surface area contributed by atoms with Gasteiger partial charge in [0, 0.05) is 18.0 Å². The van der Waals surface area contributed by atoms with E-state index in [4.69, 9.17) is 10.4 Å². The molecule has 0 bridgehead atoms. The zero-order valence-electron chi connectivity index (χ0n) is 10.7. The Kier molecular flexibility index (Phi) is 5.33. The minimum Gasteiger partial charge on any atom is -0.479 e. The van der Waals surface area contributed by atoms with Crippen LogP contribution in [-0.2, 0) is 4.79 Å². The van der Waals surface area contributed by atoms with Crippen molar-refractivity contribution in [3.05, 3.63) is 22.4 Å². The van der Waals surface area contributed by atoms with Gasteiger partial charge in [-0.25, -0.2) is 9.59 Å². The molecule has 2 atom stereocenters. The van der Waals surface area contributed by atoms with Crippen molar-refractivity contribution in [2.24, 2.45) is 0 Å². The molecule has 1 aromatic heterocycles. The van der Waals surface area contributed by atoms with E-state index in [1.807, 2.05) is 6.07 Å². The summed E-state index contributed by atoms with van der Waals surface area (Å²) in [5.41, 5.74) is 0. The molecule has 0 radical (unpaired) electrons. The number of nitrogens with one attached hydrogen (secondary N) is 1. The maximum atomic E-state index is 11.9. The molecule has 0 fully saturated rings. The summed E-state index contributed by atoms with van der Waals surface area (Å²) in [6.45, 7) is 1.73. The van der Waals surface area contributed by atoms with Crippen molar-refractivity contribution in [2.75, 3.05) is 7.05 Å². The van der Waals surface area contributed by atoms with E-state index in [-0.39, 0.29) is 12.5 Å². The van der Waals surface area contributed by atoms with Gasteiger partial charge >= 0.3 is 12.0 Å². The average Bonchev–Trinajstić information content (AvgIpc) is 2.88. The lowest BCUT2D eigenvalue weighted by Crippen LogP contribution is -2.45. The van der Waals surface area contributed by atoms with Gasteiger partial charge in [-0.1, -0.05) is 6.07 Å². The Bertz CT molecular complexity index is 481. The van der Waals surface area contributed by atoms with Crippen LogP contribution in [0.4, 0.5) is 4.79 Å². The molecule has 0 aliphatic carbocycles. The second-order valence-corrected chi connectivity index (χ2v) is 5.04. The monoisotopic (exact) mass is 281 g/mol. The van der Waals surface area contributed by atoms with E-state index in [0.29, 0.717) is 4.88 Å². The van der Waals surface area contributed by atoms with Crippen molar-refractivity contribution in [1.29, 1.82) is 5.26 Å². The number of hydrogen-bond acceptors (Lipinski definition) is 4. The molecule has 0 aliphatic heterocycles. The number of urea groups is 1. The first-order chi connectivity index (χ1) is 8.97. The summed E-state index contributed by atoms with van der Waals surface area (Å²) >= 11 is 1.27. The number of thiophene rings is 1. The Balaban J connectivity index is 2.73. The number of aliphatic carboxylic acids is 1. The summed E-state index contributed by atoms with van der Waals surface area (Å²) in [5, 5.41) is 21.9. The lowest BCUT2D eigenvalue weighted by molar-refractivity contribution is -0.139. The molecule has 7 heteroatoms. The van der Waals surface area contributed by atoms with Gasteiger partial charge in [0.2, 0.25) is 0 Å². The highest BCUT2D eigenvalue weighted by Gasteiger charge is 2.25. The molecule has 1 heterocycles. The molecule has 6 nitrogen and oxygen atoms in total. The van der Waals surface area contributed by atoms with Crippen LogP contribution in [0.2, 0.25) is 0 Å². The van der Waals surface area contributed by atoms with Crippen molar-refractivity contribution in [1.82, 2.24) is 10.2 Å². The van der Waals surface area contributed by atoms with Gasteiger partial charge in [0.15, 0.2) is 6.04 Å². The lowest BCUT2D eigenvalue weighted by Gasteiger charge is -2.25. The quantitative estimate of drug-likeness (QED) is 0.860.